The Bertz CT molecular complexity index is 1140. The summed E-state index contributed by atoms with van der Waals surface area (Å²) in [4.78, 5) is 39.1. The predicted octanol–water partition coefficient (Wildman–Crippen LogP) is 2.59. The van der Waals surface area contributed by atoms with E-state index in [0.717, 1.165) is 12.3 Å². The molecule has 30 heavy (non-hydrogen) atoms. The van der Waals surface area contributed by atoms with Gasteiger partial charge >= 0.3 is 6.18 Å². The Morgan fingerprint density at radius 3 is 2.67 bits per heavy atom. The molecule has 1 aliphatic rings. The van der Waals surface area contributed by atoms with Gasteiger partial charge in [0.2, 0.25) is 5.71 Å². The first-order chi connectivity index (χ1) is 14.3. The molecule has 0 atom stereocenters. The third-order valence-corrected chi connectivity index (χ3v) is 5.07. The zero-order valence-corrected chi connectivity index (χ0v) is 16.0. The van der Waals surface area contributed by atoms with E-state index in [1.807, 2.05) is 4.90 Å². The molecule has 0 radical (unpaired) electrons. The molecule has 3 aromatic heterocycles. The molecule has 1 N–H and O–H groups in total. The average Bonchev–Trinajstić information content (AvgIpc) is 2.88. The average molecular weight is 421 g/mol. The van der Waals surface area contributed by atoms with Gasteiger partial charge in [-0.15, -0.1) is 0 Å². The van der Waals surface area contributed by atoms with E-state index in [1.54, 1.807) is 11.8 Å². The zero-order valence-electron chi connectivity index (χ0n) is 16.0. The quantitative estimate of drug-likeness (QED) is 0.684. The molecule has 0 spiro atoms. The van der Waals surface area contributed by atoms with Crippen LogP contribution in [0.5, 0.6) is 0 Å². The number of rotatable bonds is 2. The summed E-state index contributed by atoms with van der Waals surface area (Å²) < 4.78 is 43.7. The number of carbonyl (C=O) groups is 1. The number of aromatic amines is 1. The summed E-state index contributed by atoms with van der Waals surface area (Å²) >= 11 is 0. The van der Waals surface area contributed by atoms with Crippen LogP contribution in [0.3, 0.4) is 0 Å². The molecule has 1 saturated heterocycles. The fourth-order valence-corrected chi connectivity index (χ4v) is 3.56. The number of halogens is 3. The summed E-state index contributed by atoms with van der Waals surface area (Å²) in [5.74, 6) is 0.388. The number of H-pyrrole nitrogens is 1. The first-order valence-electron chi connectivity index (χ1n) is 9.30. The lowest BCUT2D eigenvalue weighted by atomic mass is 10.1. The van der Waals surface area contributed by atoms with E-state index in [9.17, 15) is 22.8 Å². The number of carbonyl (C=O) groups excluding carboxylic acids is 1. The van der Waals surface area contributed by atoms with E-state index in [-0.39, 0.29) is 22.6 Å². The standard InChI is InChI=1S/C19H18F3N5O3/c1-11-14(15-16(28)24-10-25-17(15)30-11)18(29)27-6-2-5-26(7-8-27)13-4-3-12(9-23-13)19(20,21)22/h3-4,9-10H,2,5-8H2,1H3,(H,24,25,28). The van der Waals surface area contributed by atoms with Crippen LogP contribution in [0, 0.1) is 6.92 Å². The van der Waals surface area contributed by atoms with Crippen molar-refractivity contribution in [2.75, 3.05) is 31.1 Å². The molecule has 0 aliphatic carbocycles. The molecule has 0 aromatic carbocycles. The second-order valence-corrected chi connectivity index (χ2v) is 6.98. The highest BCUT2D eigenvalue weighted by Crippen LogP contribution is 2.29. The Morgan fingerprint density at radius 1 is 1.17 bits per heavy atom. The Kier molecular flexibility index (Phi) is 4.96. The SMILES string of the molecule is Cc1oc2nc[nH]c(=O)c2c1C(=O)N1CCCN(c2ccc(C(F)(F)F)cn2)CC1. The van der Waals surface area contributed by atoms with Crippen LogP contribution >= 0.6 is 0 Å². The third-order valence-electron chi connectivity index (χ3n) is 5.07. The van der Waals surface area contributed by atoms with Crippen molar-refractivity contribution in [3.63, 3.8) is 0 Å². The van der Waals surface area contributed by atoms with Crippen LogP contribution in [0.25, 0.3) is 11.1 Å². The van der Waals surface area contributed by atoms with Crippen LogP contribution in [0.2, 0.25) is 0 Å². The molecule has 0 saturated carbocycles. The number of alkyl halides is 3. The highest BCUT2D eigenvalue weighted by molar-refractivity contribution is 6.06. The number of aromatic nitrogens is 3. The number of hydrogen-bond donors (Lipinski definition) is 1. The smallest absolute Gasteiger partial charge is 0.417 e. The second kappa shape index (κ2) is 7.47. The van der Waals surface area contributed by atoms with Gasteiger partial charge in [-0.25, -0.2) is 9.97 Å². The van der Waals surface area contributed by atoms with Crippen LogP contribution < -0.4 is 10.5 Å². The molecular weight excluding hydrogens is 403 g/mol. The number of aryl methyl sites for hydroxylation is 1. The second-order valence-electron chi connectivity index (χ2n) is 6.98. The topological polar surface area (TPSA) is 95.3 Å². The number of fused-ring (bicyclic) bond motifs is 1. The minimum atomic E-state index is -4.44. The number of amides is 1. The van der Waals surface area contributed by atoms with Gasteiger partial charge in [-0.3, -0.25) is 9.59 Å². The normalized spacial score (nSPS) is 15.5. The van der Waals surface area contributed by atoms with Gasteiger partial charge in [-0.05, 0) is 25.5 Å². The largest absolute Gasteiger partial charge is 0.442 e. The van der Waals surface area contributed by atoms with Crippen LogP contribution in [0.4, 0.5) is 19.0 Å². The number of hydrogen-bond acceptors (Lipinski definition) is 6. The van der Waals surface area contributed by atoms with E-state index in [1.165, 1.54) is 12.4 Å². The molecule has 11 heteroatoms. The van der Waals surface area contributed by atoms with Crippen molar-refractivity contribution in [1.82, 2.24) is 19.9 Å². The molecule has 4 rings (SSSR count). The van der Waals surface area contributed by atoms with Gasteiger partial charge in [-0.2, -0.15) is 13.2 Å². The van der Waals surface area contributed by atoms with Gasteiger partial charge in [0.25, 0.3) is 11.5 Å². The van der Waals surface area contributed by atoms with Crippen LogP contribution in [-0.2, 0) is 6.18 Å². The first-order valence-corrected chi connectivity index (χ1v) is 9.30. The van der Waals surface area contributed by atoms with Gasteiger partial charge < -0.3 is 19.2 Å². The maximum absolute atomic E-state index is 13.1. The van der Waals surface area contributed by atoms with Gasteiger partial charge in [0.15, 0.2) is 0 Å². The molecule has 1 fully saturated rings. The number of furan rings is 1. The van der Waals surface area contributed by atoms with E-state index in [2.05, 4.69) is 15.0 Å². The number of nitrogens with zero attached hydrogens (tertiary/aromatic N) is 4. The lowest BCUT2D eigenvalue weighted by molar-refractivity contribution is -0.137. The summed E-state index contributed by atoms with van der Waals surface area (Å²) in [6, 6.07) is 2.33. The molecule has 0 bridgehead atoms. The van der Waals surface area contributed by atoms with Crippen LogP contribution in [0.1, 0.15) is 28.1 Å². The zero-order chi connectivity index (χ0) is 21.5. The molecule has 8 nitrogen and oxygen atoms in total. The van der Waals surface area contributed by atoms with Crippen molar-refractivity contribution >= 4 is 22.8 Å². The Labute approximate surface area is 168 Å². The van der Waals surface area contributed by atoms with Crippen LogP contribution in [-0.4, -0.2) is 51.9 Å². The molecule has 4 heterocycles. The predicted molar refractivity (Wildman–Crippen MR) is 101 cm³/mol. The number of anilines is 1. The summed E-state index contributed by atoms with van der Waals surface area (Å²) in [6.45, 7) is 3.29. The first kappa shape index (κ1) is 19.9. The van der Waals surface area contributed by atoms with Gasteiger partial charge in [0.1, 0.15) is 17.0 Å². The summed E-state index contributed by atoms with van der Waals surface area (Å²) in [7, 11) is 0. The fraction of sp³-hybridized carbons (Fsp3) is 0.368. The lowest BCUT2D eigenvalue weighted by Crippen LogP contribution is -2.36. The Morgan fingerprint density at radius 2 is 1.97 bits per heavy atom. The molecule has 158 valence electrons. The molecule has 3 aromatic rings. The van der Waals surface area contributed by atoms with Crippen molar-refractivity contribution in [3.8, 4) is 0 Å². The van der Waals surface area contributed by atoms with Crippen molar-refractivity contribution in [2.24, 2.45) is 0 Å². The Hall–Kier alpha value is -3.37. The van der Waals surface area contributed by atoms with Crippen molar-refractivity contribution in [1.29, 1.82) is 0 Å². The highest BCUT2D eigenvalue weighted by atomic mass is 19.4. The van der Waals surface area contributed by atoms with E-state index in [0.29, 0.717) is 44.2 Å². The highest BCUT2D eigenvalue weighted by Gasteiger charge is 2.31. The number of pyridine rings is 1. The van der Waals surface area contributed by atoms with Crippen LogP contribution in [0.15, 0.2) is 33.9 Å². The van der Waals surface area contributed by atoms with E-state index in [4.69, 9.17) is 4.42 Å². The lowest BCUT2D eigenvalue weighted by Gasteiger charge is -2.23. The maximum Gasteiger partial charge on any atom is 0.417 e. The maximum atomic E-state index is 13.1. The van der Waals surface area contributed by atoms with Gasteiger partial charge in [-0.1, -0.05) is 0 Å². The van der Waals surface area contributed by atoms with E-state index < -0.39 is 17.3 Å². The van der Waals surface area contributed by atoms with Crippen molar-refractivity contribution in [2.45, 2.75) is 19.5 Å². The summed E-state index contributed by atoms with van der Waals surface area (Å²) in [5.41, 5.74) is -0.977. The fourth-order valence-electron chi connectivity index (χ4n) is 3.56. The summed E-state index contributed by atoms with van der Waals surface area (Å²) in [6.07, 6.45) is -1.82. The third kappa shape index (κ3) is 3.62. The summed E-state index contributed by atoms with van der Waals surface area (Å²) in [5, 5.41) is 0.116. The number of nitrogens with one attached hydrogen (secondary N) is 1. The monoisotopic (exact) mass is 421 g/mol. The minimum Gasteiger partial charge on any atom is -0.442 e. The minimum absolute atomic E-state index is 0.102. The molecule has 0 unspecified atom stereocenters. The van der Waals surface area contributed by atoms with Gasteiger partial charge in [0.05, 0.1) is 17.5 Å². The Balaban J connectivity index is 1.53. The van der Waals surface area contributed by atoms with Crippen molar-refractivity contribution in [3.05, 3.63) is 51.9 Å². The van der Waals surface area contributed by atoms with Gasteiger partial charge in [0, 0.05) is 32.4 Å². The van der Waals surface area contributed by atoms with Crippen molar-refractivity contribution < 1.29 is 22.4 Å². The molecule has 1 amide bonds. The molecular formula is C19H18F3N5O3. The van der Waals surface area contributed by atoms with E-state index >= 15 is 0 Å². The molecule has 1 aliphatic heterocycles.